The number of nitrogens with zero attached hydrogens (tertiary/aromatic N) is 3. The first-order chi connectivity index (χ1) is 14.6. The molecule has 0 radical (unpaired) electrons. The standard InChI is InChI=1S/C23H35N3O4S/c1-23(2,3)30-22(29)24(4)14-17-8-5-11-25(15-17)20(27)18-9-6-12-26(16-18)21(28)19-10-7-13-31-19/h7,10,13,17-18H,5-6,8-9,11-12,14-16H2,1-4H3. The van der Waals surface area contributed by atoms with Crippen molar-refractivity contribution in [2.24, 2.45) is 11.8 Å². The average Bonchev–Trinajstić information content (AvgIpc) is 3.26. The number of hydrogen-bond donors (Lipinski definition) is 0. The van der Waals surface area contributed by atoms with Crippen molar-refractivity contribution in [1.82, 2.24) is 14.7 Å². The summed E-state index contributed by atoms with van der Waals surface area (Å²) in [5, 5.41) is 1.90. The summed E-state index contributed by atoms with van der Waals surface area (Å²) in [6.45, 7) is 8.76. The number of hydrogen-bond acceptors (Lipinski definition) is 5. The Bertz CT molecular complexity index is 774. The number of carbonyl (C=O) groups excluding carboxylic acids is 3. The Labute approximate surface area is 189 Å². The summed E-state index contributed by atoms with van der Waals surface area (Å²) in [6.07, 6.45) is 3.28. The van der Waals surface area contributed by atoms with Gasteiger partial charge in [-0.1, -0.05) is 6.07 Å². The van der Waals surface area contributed by atoms with E-state index in [1.54, 1.807) is 11.9 Å². The maximum Gasteiger partial charge on any atom is 0.410 e. The largest absolute Gasteiger partial charge is 0.444 e. The van der Waals surface area contributed by atoms with Crippen LogP contribution in [0.4, 0.5) is 4.79 Å². The molecule has 3 rings (SSSR count). The van der Waals surface area contributed by atoms with Gasteiger partial charge in [0.25, 0.3) is 5.91 Å². The number of thiophene rings is 1. The van der Waals surface area contributed by atoms with Crippen molar-refractivity contribution in [3.05, 3.63) is 22.4 Å². The molecule has 0 saturated carbocycles. The third-order valence-corrected chi connectivity index (χ3v) is 6.72. The first kappa shape index (κ1) is 23.6. The van der Waals surface area contributed by atoms with Gasteiger partial charge in [-0.15, -0.1) is 11.3 Å². The van der Waals surface area contributed by atoms with Crippen LogP contribution in [0.3, 0.4) is 0 Å². The summed E-state index contributed by atoms with van der Waals surface area (Å²) in [5.41, 5.74) is -0.521. The third-order valence-electron chi connectivity index (χ3n) is 5.86. The van der Waals surface area contributed by atoms with Gasteiger partial charge < -0.3 is 19.4 Å². The first-order valence-corrected chi connectivity index (χ1v) is 12.1. The van der Waals surface area contributed by atoms with Gasteiger partial charge in [0, 0.05) is 39.8 Å². The summed E-state index contributed by atoms with van der Waals surface area (Å²) >= 11 is 1.44. The van der Waals surface area contributed by atoms with Gasteiger partial charge in [0.1, 0.15) is 5.60 Å². The SMILES string of the molecule is CN(CC1CCCN(C(=O)C2CCCN(C(=O)c3cccs3)C2)C1)C(=O)OC(C)(C)C. The van der Waals surface area contributed by atoms with Gasteiger partial charge in [0.15, 0.2) is 0 Å². The van der Waals surface area contributed by atoms with E-state index in [0.29, 0.717) is 26.2 Å². The van der Waals surface area contributed by atoms with Crippen LogP contribution in [0.25, 0.3) is 0 Å². The minimum absolute atomic E-state index is 0.0306. The van der Waals surface area contributed by atoms with Crippen LogP contribution < -0.4 is 0 Å². The molecule has 2 unspecified atom stereocenters. The van der Waals surface area contributed by atoms with Crippen molar-refractivity contribution in [2.75, 3.05) is 39.8 Å². The number of amides is 3. The molecule has 2 atom stereocenters. The fourth-order valence-corrected chi connectivity index (χ4v) is 5.08. The van der Waals surface area contributed by atoms with Gasteiger partial charge in [-0.2, -0.15) is 0 Å². The molecule has 3 amide bonds. The second-order valence-electron chi connectivity index (χ2n) is 9.72. The Morgan fingerprint density at radius 2 is 1.84 bits per heavy atom. The smallest absolute Gasteiger partial charge is 0.410 e. The van der Waals surface area contributed by atoms with E-state index in [1.807, 2.05) is 48.1 Å². The molecule has 0 aromatic carbocycles. The second kappa shape index (κ2) is 10.0. The van der Waals surface area contributed by atoms with Gasteiger partial charge in [0.2, 0.25) is 5.91 Å². The van der Waals surface area contributed by atoms with E-state index in [2.05, 4.69) is 0 Å². The Balaban J connectivity index is 1.54. The van der Waals surface area contributed by atoms with Crippen LogP contribution in [0, 0.1) is 11.8 Å². The molecule has 0 aliphatic carbocycles. The van der Waals surface area contributed by atoms with Crippen LogP contribution in [-0.2, 0) is 9.53 Å². The summed E-state index contributed by atoms with van der Waals surface area (Å²) < 4.78 is 5.45. The molecule has 172 valence electrons. The van der Waals surface area contributed by atoms with Crippen molar-refractivity contribution in [2.45, 2.75) is 52.1 Å². The van der Waals surface area contributed by atoms with Crippen LogP contribution in [-0.4, -0.2) is 78.0 Å². The van der Waals surface area contributed by atoms with Crippen molar-refractivity contribution < 1.29 is 19.1 Å². The van der Waals surface area contributed by atoms with Crippen LogP contribution in [0.15, 0.2) is 17.5 Å². The minimum Gasteiger partial charge on any atom is -0.444 e. The fourth-order valence-electron chi connectivity index (χ4n) is 4.39. The van der Waals surface area contributed by atoms with Crippen LogP contribution in [0.5, 0.6) is 0 Å². The first-order valence-electron chi connectivity index (χ1n) is 11.2. The molecule has 7 nitrogen and oxygen atoms in total. The number of likely N-dealkylation sites (tertiary alicyclic amines) is 2. The molecule has 31 heavy (non-hydrogen) atoms. The van der Waals surface area contributed by atoms with E-state index in [0.717, 1.165) is 37.1 Å². The molecular formula is C23H35N3O4S. The quantitative estimate of drug-likeness (QED) is 0.703. The van der Waals surface area contributed by atoms with Gasteiger partial charge in [-0.05, 0) is 63.8 Å². The zero-order valence-corrected chi connectivity index (χ0v) is 20.0. The molecule has 2 fully saturated rings. The third kappa shape index (κ3) is 6.45. The monoisotopic (exact) mass is 449 g/mol. The Morgan fingerprint density at radius 1 is 1.13 bits per heavy atom. The highest BCUT2D eigenvalue weighted by molar-refractivity contribution is 7.12. The van der Waals surface area contributed by atoms with Crippen molar-refractivity contribution in [3.63, 3.8) is 0 Å². The van der Waals surface area contributed by atoms with Gasteiger partial charge in [0.05, 0.1) is 10.8 Å². The van der Waals surface area contributed by atoms with Crippen molar-refractivity contribution in [1.29, 1.82) is 0 Å². The average molecular weight is 450 g/mol. The molecule has 0 N–H and O–H groups in total. The molecule has 0 bridgehead atoms. The minimum atomic E-state index is -0.521. The van der Waals surface area contributed by atoms with E-state index >= 15 is 0 Å². The molecule has 8 heteroatoms. The summed E-state index contributed by atoms with van der Waals surface area (Å²) in [7, 11) is 1.75. The molecule has 2 aliphatic heterocycles. The highest BCUT2D eigenvalue weighted by atomic mass is 32.1. The number of piperidine rings is 2. The van der Waals surface area contributed by atoms with E-state index in [-0.39, 0.29) is 29.7 Å². The maximum absolute atomic E-state index is 13.2. The van der Waals surface area contributed by atoms with Gasteiger partial charge in [-0.3, -0.25) is 9.59 Å². The molecule has 2 aliphatic rings. The molecule has 3 heterocycles. The van der Waals surface area contributed by atoms with Crippen LogP contribution in [0.2, 0.25) is 0 Å². The lowest BCUT2D eigenvalue weighted by Gasteiger charge is -2.39. The molecular weight excluding hydrogens is 414 g/mol. The van der Waals surface area contributed by atoms with E-state index in [9.17, 15) is 14.4 Å². The Kier molecular flexibility index (Phi) is 7.62. The Hall–Kier alpha value is -2.09. The number of rotatable bonds is 4. The van der Waals surface area contributed by atoms with E-state index < -0.39 is 5.60 Å². The van der Waals surface area contributed by atoms with Crippen molar-refractivity contribution in [3.8, 4) is 0 Å². The van der Waals surface area contributed by atoms with E-state index in [1.165, 1.54) is 11.3 Å². The van der Waals surface area contributed by atoms with Gasteiger partial charge >= 0.3 is 6.09 Å². The summed E-state index contributed by atoms with van der Waals surface area (Å²) in [4.78, 5) is 44.4. The topological polar surface area (TPSA) is 70.2 Å². The highest BCUT2D eigenvalue weighted by Crippen LogP contribution is 2.25. The lowest BCUT2D eigenvalue weighted by molar-refractivity contribution is -0.138. The summed E-state index contributed by atoms with van der Waals surface area (Å²) in [5.74, 6) is 0.277. The van der Waals surface area contributed by atoms with Crippen LogP contribution in [0.1, 0.15) is 56.1 Å². The number of carbonyl (C=O) groups is 3. The molecule has 0 spiro atoms. The predicted molar refractivity (Wildman–Crippen MR) is 121 cm³/mol. The van der Waals surface area contributed by atoms with E-state index in [4.69, 9.17) is 4.74 Å². The maximum atomic E-state index is 13.2. The molecule has 2 saturated heterocycles. The van der Waals surface area contributed by atoms with Crippen LogP contribution >= 0.6 is 11.3 Å². The molecule has 1 aromatic rings. The summed E-state index contributed by atoms with van der Waals surface area (Å²) in [6, 6.07) is 3.72. The highest BCUT2D eigenvalue weighted by Gasteiger charge is 2.34. The molecule has 1 aromatic heterocycles. The Morgan fingerprint density at radius 3 is 2.52 bits per heavy atom. The zero-order valence-electron chi connectivity index (χ0n) is 19.1. The van der Waals surface area contributed by atoms with Gasteiger partial charge in [-0.25, -0.2) is 4.79 Å². The normalized spacial score (nSPS) is 22.2. The van der Waals surface area contributed by atoms with Crippen molar-refractivity contribution >= 4 is 29.2 Å². The predicted octanol–water partition coefficient (Wildman–Crippen LogP) is 3.71. The zero-order chi connectivity index (χ0) is 22.6. The second-order valence-corrected chi connectivity index (χ2v) is 10.7. The lowest BCUT2D eigenvalue weighted by Crippen LogP contribution is -2.50. The number of ether oxygens (including phenoxy) is 1. The fraction of sp³-hybridized carbons (Fsp3) is 0.696. The lowest BCUT2D eigenvalue weighted by atomic mass is 9.92.